The molecule has 16 nitrogen and oxygen atoms in total. The van der Waals surface area contributed by atoms with Crippen LogP contribution in [0.4, 0.5) is 0 Å². The number of hydrogen-bond acceptors (Lipinski definition) is 8. The number of nitrogens with one attached hydrogen (secondary N) is 6. The molecule has 0 saturated carbocycles. The molecule has 0 fully saturated rings. The summed E-state index contributed by atoms with van der Waals surface area (Å²) in [5, 5.41) is 34.5. The van der Waals surface area contributed by atoms with E-state index >= 15 is 0 Å². The molecule has 0 aliphatic heterocycles. The Balaban J connectivity index is 3.26. The van der Waals surface area contributed by atoms with E-state index in [-0.39, 0.29) is 37.0 Å². The third kappa shape index (κ3) is 19.1. The minimum Gasteiger partial charge on any atom is -0.481 e. The summed E-state index contributed by atoms with van der Waals surface area (Å²) in [6, 6.07) is 2.76. The predicted molar refractivity (Wildman–Crippen MR) is 214 cm³/mol. The maximum atomic E-state index is 14.0. The molecule has 320 valence electrons. The van der Waals surface area contributed by atoms with Crippen LogP contribution in [-0.4, -0.2) is 94.3 Å². The van der Waals surface area contributed by atoms with Crippen molar-refractivity contribution < 1.29 is 48.6 Å². The van der Waals surface area contributed by atoms with Crippen LogP contribution in [0.1, 0.15) is 118 Å². The van der Waals surface area contributed by atoms with Crippen molar-refractivity contribution in [2.24, 2.45) is 17.8 Å². The van der Waals surface area contributed by atoms with Crippen LogP contribution >= 0.6 is 0 Å². The monoisotopic (exact) mass is 802 g/mol. The van der Waals surface area contributed by atoms with Gasteiger partial charge in [0.2, 0.25) is 35.4 Å². The summed E-state index contributed by atoms with van der Waals surface area (Å²) >= 11 is 0. The number of carbonyl (C=O) groups is 8. The lowest BCUT2D eigenvalue weighted by atomic mass is 9.97. The molecule has 0 aliphatic carbocycles. The molecule has 0 aromatic heterocycles. The van der Waals surface area contributed by atoms with Gasteiger partial charge in [-0.15, -0.1) is 0 Å². The van der Waals surface area contributed by atoms with Gasteiger partial charge >= 0.3 is 11.9 Å². The molecule has 0 unspecified atom stereocenters. The highest BCUT2D eigenvalue weighted by molar-refractivity contribution is 5.96. The van der Waals surface area contributed by atoms with Crippen LogP contribution in [0, 0.1) is 17.8 Å². The summed E-state index contributed by atoms with van der Waals surface area (Å²) < 4.78 is 0. The van der Waals surface area contributed by atoms with Crippen LogP contribution in [-0.2, 0) is 44.8 Å². The Kier molecular flexibility index (Phi) is 23.5. The first kappa shape index (κ1) is 50.0. The molecule has 7 atom stereocenters. The number of benzene rings is 1. The van der Waals surface area contributed by atoms with Crippen LogP contribution in [0.15, 0.2) is 30.3 Å². The lowest BCUT2D eigenvalue weighted by Crippen LogP contribution is -2.60. The maximum Gasteiger partial charge on any atom is 0.326 e. The average molecular weight is 803 g/mol. The molecule has 1 aromatic rings. The fraction of sp³-hybridized carbons (Fsp3) is 0.659. The molecule has 1 aromatic carbocycles. The van der Waals surface area contributed by atoms with Crippen LogP contribution in [0.25, 0.3) is 0 Å². The summed E-state index contributed by atoms with van der Waals surface area (Å²) in [6.07, 6.45) is 5.00. The molecular weight excluding hydrogens is 736 g/mol. The van der Waals surface area contributed by atoms with Crippen LogP contribution in [0.3, 0.4) is 0 Å². The van der Waals surface area contributed by atoms with Gasteiger partial charge in [-0.25, -0.2) is 4.79 Å². The molecule has 57 heavy (non-hydrogen) atoms. The Morgan fingerprint density at radius 2 is 1.14 bits per heavy atom. The van der Waals surface area contributed by atoms with Gasteiger partial charge in [-0.3, -0.25) is 33.6 Å². The third-order valence-corrected chi connectivity index (χ3v) is 9.98. The van der Waals surface area contributed by atoms with E-state index in [9.17, 15) is 48.6 Å². The van der Waals surface area contributed by atoms with Crippen LogP contribution < -0.4 is 31.9 Å². The van der Waals surface area contributed by atoms with Gasteiger partial charge in [-0.05, 0) is 36.2 Å². The Morgan fingerprint density at radius 3 is 1.70 bits per heavy atom. The predicted octanol–water partition coefficient (Wildman–Crippen LogP) is 2.83. The van der Waals surface area contributed by atoms with Crippen molar-refractivity contribution in [3.05, 3.63) is 35.9 Å². The lowest BCUT2D eigenvalue weighted by molar-refractivity contribution is -0.143. The van der Waals surface area contributed by atoms with Crippen LogP contribution in [0.5, 0.6) is 0 Å². The van der Waals surface area contributed by atoms with Gasteiger partial charge in [0, 0.05) is 19.3 Å². The number of unbranched alkanes of at least 4 members (excludes halogenated alkanes) is 4. The van der Waals surface area contributed by atoms with E-state index in [4.69, 9.17) is 0 Å². The van der Waals surface area contributed by atoms with E-state index in [1.54, 1.807) is 71.9 Å². The minimum absolute atomic E-state index is 0.00159. The van der Waals surface area contributed by atoms with Gasteiger partial charge in [-0.1, -0.05) is 117 Å². The van der Waals surface area contributed by atoms with Gasteiger partial charge < -0.3 is 42.1 Å². The summed E-state index contributed by atoms with van der Waals surface area (Å²) in [7, 11) is 0. The minimum atomic E-state index is -1.45. The number of carboxylic acids is 2. The smallest absolute Gasteiger partial charge is 0.326 e. The fourth-order valence-corrected chi connectivity index (χ4v) is 5.94. The first-order valence-electron chi connectivity index (χ1n) is 20.2. The first-order chi connectivity index (χ1) is 26.9. The van der Waals surface area contributed by atoms with E-state index in [1.807, 2.05) is 0 Å². The normalized spacial score (nSPS) is 14.7. The standard InChI is InChI=1S/C41H66N6O10/c1-8-11-12-13-17-20-31(48)45-34(25(4)5)40(55)44-30(23-28-18-15-14-16-19-28)38(53)43-29(21-22-33(50)51)37(52)47-35(26(6)9-2)39(54)42-24-32(49)46-36(41(56)57)27(7)10-3/h14-16,18-19,25-27,29-30,34-36H,8-13,17,20-24H2,1-7H3,(H,42,54)(H,43,53)(H,44,55)(H,45,48)(H,46,49)(H,47,52)(H,50,51)(H,56,57)/t26-,27-,29-,30-,34-,35-,36-/m0/s1. The van der Waals surface area contributed by atoms with E-state index in [1.165, 1.54) is 0 Å². The zero-order valence-corrected chi connectivity index (χ0v) is 34.7. The molecule has 8 N–H and O–H groups in total. The molecule has 6 amide bonds. The molecule has 0 radical (unpaired) electrons. The number of rotatable bonds is 28. The Bertz CT molecular complexity index is 1470. The number of aliphatic carboxylic acids is 2. The fourth-order valence-electron chi connectivity index (χ4n) is 5.94. The van der Waals surface area contributed by atoms with E-state index in [2.05, 4.69) is 38.8 Å². The molecule has 0 saturated heterocycles. The zero-order valence-electron chi connectivity index (χ0n) is 34.7. The summed E-state index contributed by atoms with van der Waals surface area (Å²) in [6.45, 7) is 12.0. The Labute approximate surface area is 336 Å². The highest BCUT2D eigenvalue weighted by atomic mass is 16.4. The van der Waals surface area contributed by atoms with Crippen molar-refractivity contribution in [1.29, 1.82) is 0 Å². The second kappa shape index (κ2) is 26.8. The molecule has 0 heterocycles. The summed E-state index contributed by atoms with van der Waals surface area (Å²) in [5.74, 6) is -7.70. The molecule has 16 heteroatoms. The number of carboxylic acid groups (broad SMARTS) is 2. The van der Waals surface area contributed by atoms with E-state index in [0.717, 1.165) is 25.7 Å². The van der Waals surface area contributed by atoms with Gasteiger partial charge in [0.25, 0.3) is 0 Å². The topological polar surface area (TPSA) is 249 Å². The van der Waals surface area contributed by atoms with Crippen molar-refractivity contribution in [3.63, 3.8) is 0 Å². The number of hydrogen-bond donors (Lipinski definition) is 8. The first-order valence-corrected chi connectivity index (χ1v) is 20.2. The van der Waals surface area contributed by atoms with Gasteiger partial charge in [0.05, 0.1) is 6.54 Å². The second-order valence-corrected chi connectivity index (χ2v) is 15.1. The number of amides is 6. The highest BCUT2D eigenvalue weighted by Gasteiger charge is 2.34. The van der Waals surface area contributed by atoms with Crippen molar-refractivity contribution in [1.82, 2.24) is 31.9 Å². The third-order valence-electron chi connectivity index (χ3n) is 9.98. The molecular formula is C41H66N6O10. The summed E-state index contributed by atoms with van der Waals surface area (Å²) in [4.78, 5) is 103. The highest BCUT2D eigenvalue weighted by Crippen LogP contribution is 2.13. The quantitative estimate of drug-likeness (QED) is 0.0576. The van der Waals surface area contributed by atoms with Crippen molar-refractivity contribution in [3.8, 4) is 0 Å². The molecule has 1 rings (SSSR count). The molecule has 0 spiro atoms. The van der Waals surface area contributed by atoms with Crippen molar-refractivity contribution >= 4 is 47.4 Å². The SMILES string of the molecule is CCCCCCCC(=O)N[C@H](C(=O)N[C@@H](Cc1ccccc1)C(=O)N[C@@H](CCC(=O)O)C(=O)N[C@H](C(=O)NCC(=O)N[C@H](C(=O)O)[C@@H](C)CC)[C@@H](C)CC)C(C)C. The van der Waals surface area contributed by atoms with E-state index in [0.29, 0.717) is 24.8 Å². The Hall–Kier alpha value is -5.02. The lowest BCUT2D eigenvalue weighted by Gasteiger charge is -2.28. The summed E-state index contributed by atoms with van der Waals surface area (Å²) in [5.41, 5.74) is 0.679. The molecule has 0 bridgehead atoms. The van der Waals surface area contributed by atoms with Crippen molar-refractivity contribution in [2.75, 3.05) is 6.54 Å². The molecule has 0 aliphatic rings. The number of carbonyl (C=O) groups excluding carboxylic acids is 6. The zero-order chi connectivity index (χ0) is 43.1. The average Bonchev–Trinajstić information content (AvgIpc) is 3.17. The van der Waals surface area contributed by atoms with Gasteiger partial charge in [0.15, 0.2) is 0 Å². The Morgan fingerprint density at radius 1 is 0.579 bits per heavy atom. The van der Waals surface area contributed by atoms with Crippen molar-refractivity contribution in [2.45, 2.75) is 149 Å². The van der Waals surface area contributed by atoms with Gasteiger partial charge in [0.1, 0.15) is 30.2 Å². The second-order valence-electron chi connectivity index (χ2n) is 15.1. The van der Waals surface area contributed by atoms with Crippen LogP contribution in [0.2, 0.25) is 0 Å². The maximum absolute atomic E-state index is 14.0. The van der Waals surface area contributed by atoms with E-state index < -0.39 is 90.6 Å². The van der Waals surface area contributed by atoms with Gasteiger partial charge in [-0.2, -0.15) is 0 Å². The largest absolute Gasteiger partial charge is 0.481 e.